The lowest BCUT2D eigenvalue weighted by molar-refractivity contribution is 0.371. The Morgan fingerprint density at radius 3 is 1.88 bits per heavy atom. The van der Waals surface area contributed by atoms with E-state index in [0.717, 1.165) is 10.5 Å². The average molecular weight is 278 g/mol. The number of hydrogen-bond donors (Lipinski definition) is 1. The van der Waals surface area contributed by atoms with Crippen LogP contribution < -0.4 is 5.32 Å². The molecular formula is C14H31NS2. The number of hydrogen-bond acceptors (Lipinski definition) is 3. The summed E-state index contributed by atoms with van der Waals surface area (Å²) in [5, 5.41) is 5.24. The van der Waals surface area contributed by atoms with E-state index in [1.165, 1.54) is 17.9 Å². The molecular weight excluding hydrogens is 246 g/mol. The van der Waals surface area contributed by atoms with Crippen molar-refractivity contribution in [3.63, 3.8) is 0 Å². The highest BCUT2D eigenvalue weighted by Crippen LogP contribution is 2.18. The summed E-state index contributed by atoms with van der Waals surface area (Å²) in [6, 6.07) is 0.647. The molecule has 0 aliphatic carbocycles. The van der Waals surface area contributed by atoms with Gasteiger partial charge in [-0.2, -0.15) is 23.5 Å². The standard InChI is InChI=1S/C14H31NS2/c1-11(2)16-9-8-13(10-17-12(3)4)15-14(5,6)7/h11-13,15H,8-10H2,1-7H3. The van der Waals surface area contributed by atoms with Crippen molar-refractivity contribution < 1.29 is 0 Å². The number of thioether (sulfide) groups is 2. The zero-order valence-corrected chi connectivity index (χ0v) is 14.3. The monoisotopic (exact) mass is 277 g/mol. The zero-order chi connectivity index (χ0) is 13.5. The molecule has 0 rings (SSSR count). The Kier molecular flexibility index (Phi) is 9.05. The molecule has 0 saturated heterocycles. The molecule has 0 heterocycles. The summed E-state index contributed by atoms with van der Waals surface area (Å²) in [7, 11) is 0. The molecule has 17 heavy (non-hydrogen) atoms. The topological polar surface area (TPSA) is 12.0 Å². The van der Waals surface area contributed by atoms with Crippen LogP contribution in [0.25, 0.3) is 0 Å². The van der Waals surface area contributed by atoms with Gasteiger partial charge in [0.05, 0.1) is 0 Å². The third-order valence-electron chi connectivity index (χ3n) is 2.19. The summed E-state index contributed by atoms with van der Waals surface area (Å²) in [5.41, 5.74) is 0.227. The van der Waals surface area contributed by atoms with Crippen LogP contribution in [0, 0.1) is 0 Å². The Balaban J connectivity index is 4.02. The first kappa shape index (κ1) is 17.7. The first-order valence-corrected chi connectivity index (χ1v) is 8.81. The lowest BCUT2D eigenvalue weighted by Crippen LogP contribution is -2.45. The van der Waals surface area contributed by atoms with Crippen LogP contribution in [0.2, 0.25) is 0 Å². The minimum Gasteiger partial charge on any atom is -0.308 e. The van der Waals surface area contributed by atoms with Gasteiger partial charge in [-0.15, -0.1) is 0 Å². The normalized spacial score (nSPS) is 14.6. The minimum atomic E-state index is 0.227. The summed E-state index contributed by atoms with van der Waals surface area (Å²) >= 11 is 4.14. The highest BCUT2D eigenvalue weighted by Gasteiger charge is 2.17. The summed E-state index contributed by atoms with van der Waals surface area (Å²) in [5.74, 6) is 2.50. The maximum Gasteiger partial charge on any atom is 0.0171 e. The molecule has 0 bridgehead atoms. The quantitative estimate of drug-likeness (QED) is 0.705. The minimum absolute atomic E-state index is 0.227. The third-order valence-corrected chi connectivity index (χ3v) is 4.58. The third kappa shape index (κ3) is 12.9. The smallest absolute Gasteiger partial charge is 0.0171 e. The molecule has 1 N–H and O–H groups in total. The van der Waals surface area contributed by atoms with Crippen LogP contribution in [0.3, 0.4) is 0 Å². The highest BCUT2D eigenvalue weighted by molar-refractivity contribution is 8.00. The molecule has 1 atom stereocenters. The summed E-state index contributed by atoms with van der Waals surface area (Å²) in [6.07, 6.45) is 1.28. The Hall–Kier alpha value is 0.660. The van der Waals surface area contributed by atoms with E-state index in [1.807, 2.05) is 0 Å². The van der Waals surface area contributed by atoms with Crippen molar-refractivity contribution in [2.75, 3.05) is 11.5 Å². The SMILES string of the molecule is CC(C)SCCC(CSC(C)C)NC(C)(C)C. The van der Waals surface area contributed by atoms with Crippen LogP contribution in [-0.2, 0) is 0 Å². The first-order valence-electron chi connectivity index (χ1n) is 6.71. The average Bonchev–Trinajstić information content (AvgIpc) is 2.10. The van der Waals surface area contributed by atoms with E-state index in [-0.39, 0.29) is 5.54 Å². The van der Waals surface area contributed by atoms with Gasteiger partial charge in [0.2, 0.25) is 0 Å². The molecule has 1 nitrogen and oxygen atoms in total. The van der Waals surface area contributed by atoms with E-state index in [0.29, 0.717) is 6.04 Å². The Labute approximate surface area is 117 Å². The van der Waals surface area contributed by atoms with Gasteiger partial charge in [-0.25, -0.2) is 0 Å². The molecule has 0 radical (unpaired) electrons. The van der Waals surface area contributed by atoms with Crippen LogP contribution in [-0.4, -0.2) is 33.6 Å². The van der Waals surface area contributed by atoms with Gasteiger partial charge in [0.15, 0.2) is 0 Å². The molecule has 0 aliphatic rings. The van der Waals surface area contributed by atoms with Crippen LogP contribution in [0.1, 0.15) is 54.9 Å². The fourth-order valence-electron chi connectivity index (χ4n) is 1.56. The molecule has 0 aromatic rings. The molecule has 0 aromatic carbocycles. The largest absolute Gasteiger partial charge is 0.308 e. The maximum atomic E-state index is 3.75. The van der Waals surface area contributed by atoms with Gasteiger partial charge >= 0.3 is 0 Å². The molecule has 0 saturated carbocycles. The highest BCUT2D eigenvalue weighted by atomic mass is 32.2. The van der Waals surface area contributed by atoms with Gasteiger partial charge < -0.3 is 5.32 Å². The second-order valence-electron chi connectivity index (χ2n) is 6.18. The number of nitrogens with one attached hydrogen (secondary N) is 1. The van der Waals surface area contributed by atoms with Crippen molar-refractivity contribution in [2.24, 2.45) is 0 Å². The molecule has 0 aromatic heterocycles. The van der Waals surface area contributed by atoms with E-state index in [9.17, 15) is 0 Å². The van der Waals surface area contributed by atoms with Gasteiger partial charge in [-0.05, 0) is 43.4 Å². The zero-order valence-electron chi connectivity index (χ0n) is 12.7. The molecule has 1 unspecified atom stereocenters. The Morgan fingerprint density at radius 2 is 1.47 bits per heavy atom. The Morgan fingerprint density at radius 1 is 0.941 bits per heavy atom. The predicted molar refractivity (Wildman–Crippen MR) is 86.5 cm³/mol. The van der Waals surface area contributed by atoms with E-state index < -0.39 is 0 Å². The predicted octanol–water partition coefficient (Wildman–Crippen LogP) is 4.42. The number of rotatable bonds is 8. The summed E-state index contributed by atoms with van der Waals surface area (Å²) < 4.78 is 0. The fourth-order valence-corrected chi connectivity index (χ4v) is 3.32. The molecule has 0 amide bonds. The van der Waals surface area contributed by atoms with Crippen LogP contribution in [0.5, 0.6) is 0 Å². The van der Waals surface area contributed by atoms with Crippen molar-refractivity contribution in [2.45, 2.75) is 77.0 Å². The summed E-state index contributed by atoms with van der Waals surface area (Å²) in [6.45, 7) is 15.9. The van der Waals surface area contributed by atoms with Gasteiger partial charge in [-0.1, -0.05) is 27.7 Å². The lowest BCUT2D eigenvalue weighted by Gasteiger charge is -2.29. The van der Waals surface area contributed by atoms with E-state index in [4.69, 9.17) is 0 Å². The van der Waals surface area contributed by atoms with E-state index >= 15 is 0 Å². The van der Waals surface area contributed by atoms with Crippen molar-refractivity contribution in [3.8, 4) is 0 Å². The van der Waals surface area contributed by atoms with E-state index in [2.05, 4.69) is 77.3 Å². The molecule has 0 aliphatic heterocycles. The van der Waals surface area contributed by atoms with Crippen LogP contribution in [0.15, 0.2) is 0 Å². The van der Waals surface area contributed by atoms with Crippen molar-refractivity contribution in [1.29, 1.82) is 0 Å². The molecule has 3 heteroatoms. The lowest BCUT2D eigenvalue weighted by atomic mass is 10.1. The van der Waals surface area contributed by atoms with Crippen LogP contribution >= 0.6 is 23.5 Å². The molecule has 104 valence electrons. The van der Waals surface area contributed by atoms with Gasteiger partial charge in [0.1, 0.15) is 0 Å². The van der Waals surface area contributed by atoms with Crippen molar-refractivity contribution in [3.05, 3.63) is 0 Å². The maximum absolute atomic E-state index is 3.75. The second kappa shape index (κ2) is 8.71. The summed E-state index contributed by atoms with van der Waals surface area (Å²) in [4.78, 5) is 0. The second-order valence-corrected chi connectivity index (χ2v) is 9.48. The van der Waals surface area contributed by atoms with Crippen LogP contribution in [0.4, 0.5) is 0 Å². The Bertz CT molecular complexity index is 185. The van der Waals surface area contributed by atoms with Gasteiger partial charge in [0.25, 0.3) is 0 Å². The fraction of sp³-hybridized carbons (Fsp3) is 1.00. The van der Waals surface area contributed by atoms with E-state index in [1.54, 1.807) is 0 Å². The van der Waals surface area contributed by atoms with Crippen molar-refractivity contribution >= 4 is 23.5 Å². The van der Waals surface area contributed by atoms with Gasteiger partial charge in [-0.3, -0.25) is 0 Å². The molecule has 0 fully saturated rings. The van der Waals surface area contributed by atoms with Crippen molar-refractivity contribution in [1.82, 2.24) is 5.32 Å². The molecule has 0 spiro atoms. The first-order chi connectivity index (χ1) is 7.70. The van der Waals surface area contributed by atoms with Gasteiger partial charge in [0, 0.05) is 17.3 Å².